The molecule has 1 saturated carbocycles. The maximum Gasteiger partial charge on any atom is 0.246 e. The Morgan fingerprint density at radius 2 is 1.95 bits per heavy atom. The van der Waals surface area contributed by atoms with E-state index < -0.39 is 10.0 Å². The van der Waals surface area contributed by atoms with Crippen LogP contribution < -0.4 is 15.2 Å². The van der Waals surface area contributed by atoms with Crippen LogP contribution in [0.1, 0.15) is 12.8 Å². The van der Waals surface area contributed by atoms with E-state index in [9.17, 15) is 8.42 Å². The van der Waals surface area contributed by atoms with Gasteiger partial charge in [0.2, 0.25) is 10.0 Å². The van der Waals surface area contributed by atoms with Gasteiger partial charge < -0.3 is 15.2 Å². The summed E-state index contributed by atoms with van der Waals surface area (Å²) >= 11 is 0. The van der Waals surface area contributed by atoms with Crippen molar-refractivity contribution in [3.63, 3.8) is 0 Å². The van der Waals surface area contributed by atoms with Crippen molar-refractivity contribution < 1.29 is 17.9 Å². The number of nitrogens with zero attached hydrogens (tertiary/aromatic N) is 1. The normalized spacial score (nSPS) is 28.6. The Labute approximate surface area is 131 Å². The SMILES string of the molecule is COc1ccc(OC)c(S(=O)(=O)N2CC3CCC(N)C3C2)c1. The van der Waals surface area contributed by atoms with Crippen LogP contribution in [0.2, 0.25) is 0 Å². The van der Waals surface area contributed by atoms with Gasteiger partial charge in [-0.1, -0.05) is 0 Å². The Balaban J connectivity index is 1.94. The maximum atomic E-state index is 13.0. The van der Waals surface area contributed by atoms with Crippen LogP contribution in [-0.2, 0) is 10.0 Å². The number of hydrogen-bond donors (Lipinski definition) is 1. The third-order valence-electron chi connectivity index (χ3n) is 4.87. The van der Waals surface area contributed by atoms with Gasteiger partial charge in [-0.25, -0.2) is 8.42 Å². The molecule has 0 radical (unpaired) electrons. The first kappa shape index (κ1) is 15.6. The van der Waals surface area contributed by atoms with Crippen LogP contribution in [0.4, 0.5) is 0 Å². The number of fused-ring (bicyclic) bond motifs is 1. The molecule has 122 valence electrons. The second-order valence-corrected chi connectivity index (χ2v) is 7.91. The van der Waals surface area contributed by atoms with Gasteiger partial charge >= 0.3 is 0 Å². The van der Waals surface area contributed by atoms with E-state index >= 15 is 0 Å². The molecule has 3 rings (SSSR count). The van der Waals surface area contributed by atoms with E-state index in [4.69, 9.17) is 15.2 Å². The van der Waals surface area contributed by atoms with E-state index in [1.165, 1.54) is 20.3 Å². The quantitative estimate of drug-likeness (QED) is 0.895. The van der Waals surface area contributed by atoms with E-state index in [1.54, 1.807) is 16.4 Å². The maximum absolute atomic E-state index is 13.0. The van der Waals surface area contributed by atoms with Crippen LogP contribution >= 0.6 is 0 Å². The summed E-state index contributed by atoms with van der Waals surface area (Å²) < 4.78 is 37.8. The largest absolute Gasteiger partial charge is 0.497 e. The molecular weight excluding hydrogens is 304 g/mol. The molecule has 1 heterocycles. The zero-order chi connectivity index (χ0) is 15.9. The average molecular weight is 326 g/mol. The van der Waals surface area contributed by atoms with E-state index in [0.717, 1.165) is 12.8 Å². The minimum Gasteiger partial charge on any atom is -0.497 e. The number of methoxy groups -OCH3 is 2. The van der Waals surface area contributed by atoms with Gasteiger partial charge in [-0.2, -0.15) is 4.31 Å². The number of benzene rings is 1. The second-order valence-electron chi connectivity index (χ2n) is 6.00. The highest BCUT2D eigenvalue weighted by atomic mass is 32.2. The van der Waals surface area contributed by atoms with Crippen molar-refractivity contribution in [2.45, 2.75) is 23.8 Å². The number of ether oxygens (including phenoxy) is 2. The van der Waals surface area contributed by atoms with Crippen LogP contribution in [0.15, 0.2) is 23.1 Å². The number of sulfonamides is 1. The average Bonchev–Trinajstić information content (AvgIpc) is 3.09. The summed E-state index contributed by atoms with van der Waals surface area (Å²) in [7, 11) is -0.628. The number of nitrogens with two attached hydrogens (primary N) is 1. The standard InChI is InChI=1S/C15H22N2O4S/c1-20-11-4-6-14(21-2)15(7-11)22(18,19)17-8-10-3-5-13(16)12(10)9-17/h4,6-7,10,12-13H,3,5,8-9,16H2,1-2H3. The Morgan fingerprint density at radius 3 is 2.59 bits per heavy atom. The molecule has 0 amide bonds. The van der Waals surface area contributed by atoms with Crippen LogP contribution in [0.25, 0.3) is 0 Å². The van der Waals surface area contributed by atoms with Gasteiger partial charge in [0.1, 0.15) is 16.4 Å². The molecular formula is C15H22N2O4S. The summed E-state index contributed by atoms with van der Waals surface area (Å²) in [5.41, 5.74) is 6.10. The van der Waals surface area contributed by atoms with E-state index in [0.29, 0.717) is 30.5 Å². The monoisotopic (exact) mass is 326 g/mol. The van der Waals surface area contributed by atoms with Gasteiger partial charge in [0.25, 0.3) is 0 Å². The fourth-order valence-electron chi connectivity index (χ4n) is 3.59. The number of hydrogen-bond acceptors (Lipinski definition) is 5. The molecule has 1 aliphatic heterocycles. The minimum absolute atomic E-state index is 0.109. The highest BCUT2D eigenvalue weighted by molar-refractivity contribution is 7.89. The lowest BCUT2D eigenvalue weighted by Gasteiger charge is -2.20. The molecule has 2 fully saturated rings. The van der Waals surface area contributed by atoms with Crippen molar-refractivity contribution in [3.8, 4) is 11.5 Å². The first-order valence-corrected chi connectivity index (χ1v) is 8.89. The molecule has 0 spiro atoms. The third kappa shape index (κ3) is 2.47. The number of rotatable bonds is 4. The van der Waals surface area contributed by atoms with Gasteiger partial charge in [0.05, 0.1) is 14.2 Å². The molecule has 6 nitrogen and oxygen atoms in total. The van der Waals surface area contributed by atoms with E-state index in [1.807, 2.05) is 0 Å². The first-order chi connectivity index (χ1) is 10.5. The molecule has 2 aliphatic rings. The lowest BCUT2D eigenvalue weighted by molar-refractivity contribution is 0.385. The summed E-state index contributed by atoms with van der Waals surface area (Å²) in [5.74, 6) is 1.48. The molecule has 0 bridgehead atoms. The summed E-state index contributed by atoms with van der Waals surface area (Å²) in [5, 5.41) is 0. The molecule has 1 aliphatic carbocycles. The van der Waals surface area contributed by atoms with E-state index in [2.05, 4.69) is 0 Å². The summed E-state index contributed by atoms with van der Waals surface area (Å²) in [4.78, 5) is 0.155. The highest BCUT2D eigenvalue weighted by Gasteiger charge is 2.45. The molecule has 0 aromatic heterocycles. The summed E-state index contributed by atoms with van der Waals surface area (Å²) in [6.07, 6.45) is 2.00. The molecule has 1 aromatic carbocycles. The van der Waals surface area contributed by atoms with Crippen molar-refractivity contribution >= 4 is 10.0 Å². The smallest absolute Gasteiger partial charge is 0.246 e. The van der Waals surface area contributed by atoms with Gasteiger partial charge in [0.15, 0.2) is 0 Å². The van der Waals surface area contributed by atoms with Gasteiger partial charge in [0, 0.05) is 25.2 Å². The molecule has 3 unspecified atom stereocenters. The van der Waals surface area contributed by atoms with Crippen LogP contribution in [0.3, 0.4) is 0 Å². The Kier molecular flexibility index (Phi) is 4.05. The Bertz CT molecular complexity index is 662. The third-order valence-corrected chi connectivity index (χ3v) is 6.72. The second kappa shape index (κ2) is 5.72. The van der Waals surface area contributed by atoms with Crippen LogP contribution in [-0.4, -0.2) is 46.1 Å². The van der Waals surface area contributed by atoms with Crippen LogP contribution in [0.5, 0.6) is 11.5 Å². The molecule has 22 heavy (non-hydrogen) atoms. The predicted molar refractivity (Wildman–Crippen MR) is 82.5 cm³/mol. The van der Waals surface area contributed by atoms with Crippen molar-refractivity contribution in [2.24, 2.45) is 17.6 Å². The summed E-state index contributed by atoms with van der Waals surface area (Å²) in [6.45, 7) is 1.04. The fourth-order valence-corrected chi connectivity index (χ4v) is 5.29. The van der Waals surface area contributed by atoms with Gasteiger partial charge in [-0.15, -0.1) is 0 Å². The van der Waals surface area contributed by atoms with Crippen molar-refractivity contribution in [2.75, 3.05) is 27.3 Å². The first-order valence-electron chi connectivity index (χ1n) is 7.45. The summed E-state index contributed by atoms with van der Waals surface area (Å²) in [6, 6.07) is 4.93. The predicted octanol–water partition coefficient (Wildman–Crippen LogP) is 1.06. The lowest BCUT2D eigenvalue weighted by atomic mass is 9.98. The Morgan fingerprint density at radius 1 is 1.18 bits per heavy atom. The molecule has 3 atom stereocenters. The molecule has 2 N–H and O–H groups in total. The minimum atomic E-state index is -3.61. The van der Waals surface area contributed by atoms with Crippen molar-refractivity contribution in [1.82, 2.24) is 4.31 Å². The van der Waals surface area contributed by atoms with E-state index in [-0.39, 0.29) is 16.9 Å². The van der Waals surface area contributed by atoms with Crippen LogP contribution in [0, 0.1) is 11.8 Å². The van der Waals surface area contributed by atoms with Gasteiger partial charge in [-0.05, 0) is 36.8 Å². The fraction of sp³-hybridized carbons (Fsp3) is 0.600. The van der Waals surface area contributed by atoms with Crippen molar-refractivity contribution in [1.29, 1.82) is 0 Å². The van der Waals surface area contributed by atoms with Crippen molar-refractivity contribution in [3.05, 3.63) is 18.2 Å². The zero-order valence-corrected chi connectivity index (χ0v) is 13.7. The van der Waals surface area contributed by atoms with Gasteiger partial charge in [-0.3, -0.25) is 0 Å². The Hall–Kier alpha value is -1.31. The topological polar surface area (TPSA) is 81.9 Å². The highest BCUT2D eigenvalue weighted by Crippen LogP contribution is 2.40. The lowest BCUT2D eigenvalue weighted by Crippen LogP contribution is -2.33. The molecule has 1 aromatic rings. The zero-order valence-electron chi connectivity index (χ0n) is 12.9. The molecule has 1 saturated heterocycles. The molecule has 7 heteroatoms.